The highest BCUT2D eigenvalue weighted by atomic mass is 19.3. The quantitative estimate of drug-likeness (QED) is 0.503. The largest absolute Gasteiger partial charge is 0.475 e. The Morgan fingerprint density at radius 2 is 1.84 bits per heavy atom. The van der Waals surface area contributed by atoms with Gasteiger partial charge in [0, 0.05) is 43.7 Å². The van der Waals surface area contributed by atoms with Crippen LogP contribution >= 0.6 is 0 Å². The van der Waals surface area contributed by atoms with E-state index in [9.17, 15) is 18.0 Å². The van der Waals surface area contributed by atoms with Gasteiger partial charge in [-0.1, -0.05) is 6.07 Å². The fourth-order valence-electron chi connectivity index (χ4n) is 3.19. The Hall–Kier alpha value is -3.49. The zero-order chi connectivity index (χ0) is 23.3. The Morgan fingerprint density at radius 3 is 2.44 bits per heavy atom. The second-order valence-corrected chi connectivity index (χ2v) is 7.26. The van der Waals surface area contributed by atoms with Crippen LogP contribution < -0.4 is 4.74 Å². The van der Waals surface area contributed by atoms with Gasteiger partial charge in [0.1, 0.15) is 12.4 Å². The summed E-state index contributed by atoms with van der Waals surface area (Å²) in [6.07, 6.45) is 4.01. The molecule has 9 heteroatoms. The number of hydrogen-bond donors (Lipinski definition) is 0. The number of carbonyl (C=O) groups is 1. The van der Waals surface area contributed by atoms with Gasteiger partial charge in [0.05, 0.1) is 17.2 Å². The average molecular weight is 444 g/mol. The third-order valence-electron chi connectivity index (χ3n) is 4.88. The molecule has 0 spiro atoms. The Bertz CT molecular complexity index is 1060. The minimum atomic E-state index is -2.99. The molecule has 0 radical (unpaired) electrons. The number of rotatable bonds is 8. The third-order valence-corrected chi connectivity index (χ3v) is 4.88. The molecule has 0 unspecified atom stereocenters. The van der Waals surface area contributed by atoms with Crippen LogP contribution in [0.25, 0.3) is 11.4 Å². The number of aromatic nitrogens is 3. The fourth-order valence-corrected chi connectivity index (χ4v) is 3.19. The van der Waals surface area contributed by atoms with Crippen molar-refractivity contribution in [2.45, 2.75) is 32.7 Å². The van der Waals surface area contributed by atoms with Crippen molar-refractivity contribution in [3.05, 3.63) is 71.9 Å². The molecule has 2 heterocycles. The molecule has 168 valence electrons. The molecule has 0 saturated carbocycles. The molecule has 0 aliphatic rings. The molecule has 0 saturated heterocycles. The first kappa shape index (κ1) is 23.2. The second kappa shape index (κ2) is 9.76. The number of benzene rings is 1. The maximum Gasteiger partial charge on any atom is 0.272 e. The summed E-state index contributed by atoms with van der Waals surface area (Å²) in [4.78, 5) is 26.9. The minimum Gasteiger partial charge on any atom is -0.475 e. The third kappa shape index (κ3) is 5.22. The topological polar surface area (TPSA) is 68.2 Å². The first-order valence-electron chi connectivity index (χ1n) is 10.1. The highest BCUT2D eigenvalue weighted by molar-refractivity contribution is 6.00. The van der Waals surface area contributed by atoms with E-state index in [4.69, 9.17) is 4.74 Å². The van der Waals surface area contributed by atoms with Crippen LogP contribution in [0, 0.1) is 5.82 Å². The lowest BCUT2D eigenvalue weighted by molar-refractivity contribution is 0.0169. The van der Waals surface area contributed by atoms with Gasteiger partial charge in [0.15, 0.2) is 5.82 Å². The standard InChI is InChI=1S/C23H23F3N4O2/c1-4-30(15(2)14-32-19-10-9-16(13-29-19)23(3,25)26)22(31)17-7-5-8-18(24)20(17)21-27-11-6-12-28-21/h5-13,15H,4,14H2,1-3H3/t15-/m0/s1. The van der Waals surface area contributed by atoms with Gasteiger partial charge in [-0.3, -0.25) is 4.79 Å². The van der Waals surface area contributed by atoms with E-state index in [-0.39, 0.29) is 35.0 Å². The van der Waals surface area contributed by atoms with Gasteiger partial charge in [0.2, 0.25) is 5.88 Å². The molecule has 2 aromatic heterocycles. The van der Waals surface area contributed by atoms with Crippen molar-refractivity contribution in [1.82, 2.24) is 19.9 Å². The van der Waals surface area contributed by atoms with Gasteiger partial charge < -0.3 is 9.64 Å². The van der Waals surface area contributed by atoms with E-state index in [0.29, 0.717) is 6.54 Å². The summed E-state index contributed by atoms with van der Waals surface area (Å²) in [5, 5.41) is 0. The van der Waals surface area contributed by atoms with Gasteiger partial charge in [-0.25, -0.2) is 28.1 Å². The lowest BCUT2D eigenvalue weighted by Crippen LogP contribution is -2.42. The molecule has 0 aliphatic carbocycles. The van der Waals surface area contributed by atoms with Crippen LogP contribution in [0.15, 0.2) is 55.0 Å². The fraction of sp³-hybridized carbons (Fsp3) is 0.304. The molecule has 0 aliphatic heterocycles. The summed E-state index contributed by atoms with van der Waals surface area (Å²) in [5.41, 5.74) is -0.0509. The molecule has 1 atom stereocenters. The number of amides is 1. The first-order valence-corrected chi connectivity index (χ1v) is 10.1. The molecule has 0 N–H and O–H groups in total. The number of pyridine rings is 1. The van der Waals surface area contributed by atoms with Crippen LogP contribution in [0.1, 0.15) is 36.7 Å². The van der Waals surface area contributed by atoms with Crippen molar-refractivity contribution in [3.8, 4) is 17.3 Å². The Kier molecular flexibility index (Phi) is 7.07. The van der Waals surface area contributed by atoms with Crippen molar-refractivity contribution in [2.75, 3.05) is 13.2 Å². The first-order chi connectivity index (χ1) is 15.2. The Balaban J connectivity index is 1.77. The summed E-state index contributed by atoms with van der Waals surface area (Å²) < 4.78 is 46.9. The molecule has 32 heavy (non-hydrogen) atoms. The molecule has 6 nitrogen and oxygen atoms in total. The van der Waals surface area contributed by atoms with E-state index in [1.165, 1.54) is 47.6 Å². The van der Waals surface area contributed by atoms with Crippen LogP contribution in [0.3, 0.4) is 0 Å². The molecular formula is C23H23F3N4O2. The predicted molar refractivity (Wildman–Crippen MR) is 113 cm³/mol. The molecule has 3 aromatic rings. The molecule has 3 rings (SSSR count). The number of carbonyl (C=O) groups excluding carboxylic acids is 1. The monoisotopic (exact) mass is 444 g/mol. The zero-order valence-electron chi connectivity index (χ0n) is 17.9. The highest BCUT2D eigenvalue weighted by Gasteiger charge is 2.27. The van der Waals surface area contributed by atoms with Crippen molar-refractivity contribution in [2.24, 2.45) is 0 Å². The number of halogens is 3. The second-order valence-electron chi connectivity index (χ2n) is 7.26. The summed E-state index contributed by atoms with van der Waals surface area (Å²) in [5.74, 6) is -3.71. The lowest BCUT2D eigenvalue weighted by atomic mass is 10.0. The molecule has 0 bridgehead atoms. The number of nitrogens with zero attached hydrogens (tertiary/aromatic N) is 4. The maximum atomic E-state index is 14.6. The summed E-state index contributed by atoms with van der Waals surface area (Å²) in [7, 11) is 0. The van der Waals surface area contributed by atoms with Crippen molar-refractivity contribution >= 4 is 5.91 Å². The van der Waals surface area contributed by atoms with E-state index in [2.05, 4.69) is 15.0 Å². The van der Waals surface area contributed by atoms with E-state index >= 15 is 0 Å². The number of ether oxygens (including phenoxy) is 1. The van der Waals surface area contributed by atoms with Gasteiger partial charge in [-0.05, 0) is 38.1 Å². The predicted octanol–water partition coefficient (Wildman–Crippen LogP) is 4.72. The van der Waals surface area contributed by atoms with Crippen molar-refractivity contribution in [3.63, 3.8) is 0 Å². The van der Waals surface area contributed by atoms with E-state index in [0.717, 1.165) is 13.1 Å². The number of hydrogen-bond acceptors (Lipinski definition) is 5. The van der Waals surface area contributed by atoms with Gasteiger partial charge in [-0.15, -0.1) is 0 Å². The van der Waals surface area contributed by atoms with Crippen molar-refractivity contribution in [1.29, 1.82) is 0 Å². The van der Waals surface area contributed by atoms with Crippen LogP contribution in [0.5, 0.6) is 5.88 Å². The molecular weight excluding hydrogens is 421 g/mol. The van der Waals surface area contributed by atoms with Gasteiger partial charge >= 0.3 is 0 Å². The van der Waals surface area contributed by atoms with E-state index in [1.807, 2.05) is 0 Å². The van der Waals surface area contributed by atoms with Crippen LogP contribution in [0.4, 0.5) is 13.2 Å². The Labute approximate surface area is 184 Å². The van der Waals surface area contributed by atoms with Gasteiger partial charge in [-0.2, -0.15) is 0 Å². The number of likely N-dealkylation sites (N-methyl/N-ethyl adjacent to an activating group) is 1. The van der Waals surface area contributed by atoms with E-state index in [1.54, 1.807) is 19.9 Å². The lowest BCUT2D eigenvalue weighted by Gasteiger charge is -2.28. The SMILES string of the molecule is CCN(C(=O)c1cccc(F)c1-c1ncccn1)[C@@H](C)COc1ccc(C(C)(F)F)cn1. The Morgan fingerprint density at radius 1 is 1.12 bits per heavy atom. The molecule has 1 amide bonds. The normalized spacial score (nSPS) is 12.3. The van der Waals surface area contributed by atoms with Crippen LogP contribution in [0.2, 0.25) is 0 Å². The maximum absolute atomic E-state index is 14.6. The van der Waals surface area contributed by atoms with Crippen LogP contribution in [-0.4, -0.2) is 45.0 Å². The summed E-state index contributed by atoms with van der Waals surface area (Å²) >= 11 is 0. The van der Waals surface area contributed by atoms with E-state index < -0.39 is 23.7 Å². The molecule has 1 aromatic carbocycles. The summed E-state index contributed by atoms with van der Waals surface area (Å²) in [6.45, 7) is 4.76. The van der Waals surface area contributed by atoms with Crippen LogP contribution in [-0.2, 0) is 5.92 Å². The number of alkyl halides is 2. The average Bonchev–Trinajstić information content (AvgIpc) is 2.78. The highest BCUT2D eigenvalue weighted by Crippen LogP contribution is 2.27. The summed E-state index contributed by atoms with van der Waals surface area (Å²) in [6, 6.07) is 8.03. The van der Waals surface area contributed by atoms with Gasteiger partial charge in [0.25, 0.3) is 11.8 Å². The molecule has 0 fully saturated rings. The van der Waals surface area contributed by atoms with Crippen molar-refractivity contribution < 1.29 is 22.7 Å². The smallest absolute Gasteiger partial charge is 0.272 e. The minimum absolute atomic E-state index is 0.0300. The zero-order valence-corrected chi connectivity index (χ0v) is 17.9.